The third-order valence-electron chi connectivity index (χ3n) is 16.8. The molecule has 0 saturated heterocycles. The molecule has 0 radical (unpaired) electrons. The summed E-state index contributed by atoms with van der Waals surface area (Å²) in [6.45, 7) is 0.0233. The summed E-state index contributed by atoms with van der Waals surface area (Å²) in [6.07, 6.45) is 0. The van der Waals surface area contributed by atoms with Gasteiger partial charge in [-0.1, -0.05) is 194 Å². The van der Waals surface area contributed by atoms with Crippen molar-refractivity contribution in [1.29, 1.82) is 0 Å². The first-order chi connectivity index (χ1) is 41.2. The predicted molar refractivity (Wildman–Crippen MR) is 343 cm³/mol. The average Bonchev–Trinajstić information content (AvgIpc) is 2.83. The van der Waals surface area contributed by atoms with Crippen LogP contribution in [0, 0.1) is 0 Å². The Kier molecular flexibility index (Phi) is 10.6. The van der Waals surface area contributed by atoms with Gasteiger partial charge < -0.3 is 18.8 Å². The van der Waals surface area contributed by atoms with Crippen LogP contribution >= 0.6 is 0 Å². The first-order valence-corrected chi connectivity index (χ1v) is 28.2. The molecular weight excluding hydrogens is 1010 g/mol. The molecule has 15 aromatic rings. The Balaban J connectivity index is 0.888. The smallest absolute Gasteiger partial charge is 0.252 e. The third-order valence-corrected chi connectivity index (χ3v) is 16.8. The zero-order valence-corrected chi connectivity index (χ0v) is 44.8. The van der Waals surface area contributed by atoms with Gasteiger partial charge in [-0.3, -0.25) is 0 Å². The van der Waals surface area contributed by atoms with Gasteiger partial charge in [0.15, 0.2) is 17.5 Å². The lowest BCUT2D eigenvalue weighted by Crippen LogP contribution is -2.61. The molecule has 7 nitrogen and oxygen atoms in total. The van der Waals surface area contributed by atoms with Gasteiger partial charge in [-0.05, 0) is 124 Å². The van der Waals surface area contributed by atoms with Gasteiger partial charge in [-0.25, -0.2) is 15.0 Å². The van der Waals surface area contributed by atoms with Crippen LogP contribution in [0.4, 0.5) is 34.1 Å². The van der Waals surface area contributed by atoms with E-state index in [0.29, 0.717) is 17.5 Å². The maximum absolute atomic E-state index is 6.78. The number of benzene rings is 12. The first-order valence-electron chi connectivity index (χ1n) is 28.2. The molecule has 2 aliphatic rings. The molecular formula is C75H47BN6O. The molecule has 0 saturated carbocycles. The molecule has 5 heterocycles. The normalized spacial score (nSPS) is 12.5. The molecule has 386 valence electrons. The van der Waals surface area contributed by atoms with Gasteiger partial charge in [0.1, 0.15) is 11.2 Å². The molecule has 0 bridgehead atoms. The zero-order valence-electron chi connectivity index (χ0n) is 44.8. The van der Waals surface area contributed by atoms with Crippen LogP contribution in [0.25, 0.3) is 106 Å². The number of anilines is 6. The Morgan fingerprint density at radius 2 is 0.807 bits per heavy atom. The Morgan fingerprint density at radius 1 is 0.313 bits per heavy atom. The quantitative estimate of drug-likeness (QED) is 0.141. The predicted octanol–water partition coefficient (Wildman–Crippen LogP) is 17.3. The summed E-state index contributed by atoms with van der Waals surface area (Å²) in [4.78, 5) is 20.5. The SMILES string of the molecule is c1ccc(-c2nc(-c3ccccc3)nc(-c3ccc(-n4c5ccccc5c5c6oc7ccccc7c6ccc54)c(-c4ccc(-c5cc6c7c(c5)N(c5ccccc5)c5ccccc5B7c5ccccc5N6c5ccccc5)cc4)c3)n2)cc1. The van der Waals surface area contributed by atoms with Crippen molar-refractivity contribution in [2.75, 3.05) is 9.80 Å². The zero-order chi connectivity index (χ0) is 54.5. The van der Waals surface area contributed by atoms with Crippen LogP contribution in [-0.4, -0.2) is 26.2 Å². The second kappa shape index (κ2) is 18.8. The molecule has 0 fully saturated rings. The molecule has 0 spiro atoms. The maximum atomic E-state index is 6.78. The van der Waals surface area contributed by atoms with E-state index >= 15 is 0 Å². The van der Waals surface area contributed by atoms with Crippen LogP contribution in [-0.2, 0) is 0 Å². The molecule has 2 aliphatic heterocycles. The van der Waals surface area contributed by atoms with E-state index in [4.69, 9.17) is 19.4 Å². The van der Waals surface area contributed by atoms with E-state index in [1.807, 2.05) is 42.5 Å². The molecule has 3 aromatic heterocycles. The fourth-order valence-corrected chi connectivity index (χ4v) is 13.2. The Morgan fingerprint density at radius 3 is 1.42 bits per heavy atom. The van der Waals surface area contributed by atoms with Crippen LogP contribution in [0.5, 0.6) is 0 Å². The van der Waals surface area contributed by atoms with E-state index in [1.165, 1.54) is 27.8 Å². The van der Waals surface area contributed by atoms with Gasteiger partial charge in [0.2, 0.25) is 0 Å². The number of hydrogen-bond donors (Lipinski definition) is 0. The lowest BCUT2D eigenvalue weighted by atomic mass is 9.33. The van der Waals surface area contributed by atoms with Crippen molar-refractivity contribution in [3.8, 4) is 62.1 Å². The first kappa shape index (κ1) is 46.8. The van der Waals surface area contributed by atoms with E-state index in [-0.39, 0.29) is 6.71 Å². The summed E-state index contributed by atoms with van der Waals surface area (Å²) >= 11 is 0. The van der Waals surface area contributed by atoms with Crippen LogP contribution in [0.1, 0.15) is 0 Å². The molecule has 8 heteroatoms. The van der Waals surface area contributed by atoms with Crippen molar-refractivity contribution < 1.29 is 4.42 Å². The lowest BCUT2D eigenvalue weighted by molar-refractivity contribution is 0.673. The van der Waals surface area contributed by atoms with E-state index < -0.39 is 0 Å². The second-order valence-electron chi connectivity index (χ2n) is 21.5. The summed E-state index contributed by atoms with van der Waals surface area (Å²) < 4.78 is 9.18. The van der Waals surface area contributed by atoms with Crippen LogP contribution < -0.4 is 26.2 Å². The van der Waals surface area contributed by atoms with Crippen LogP contribution in [0.15, 0.2) is 290 Å². The van der Waals surface area contributed by atoms with Crippen molar-refractivity contribution in [2.45, 2.75) is 0 Å². The number of nitrogens with zero attached hydrogens (tertiary/aromatic N) is 6. The molecule has 12 aromatic carbocycles. The van der Waals surface area contributed by atoms with Crippen molar-refractivity contribution in [3.05, 3.63) is 285 Å². The van der Waals surface area contributed by atoms with E-state index in [1.54, 1.807) is 0 Å². The molecule has 17 rings (SSSR count). The average molecular weight is 1060 g/mol. The minimum absolute atomic E-state index is 0.0233. The third kappa shape index (κ3) is 7.43. The molecule has 83 heavy (non-hydrogen) atoms. The summed E-state index contributed by atoms with van der Waals surface area (Å²) in [5.41, 5.74) is 22.7. The molecule has 0 N–H and O–H groups in total. The van der Waals surface area contributed by atoms with Gasteiger partial charge in [0.25, 0.3) is 6.71 Å². The highest BCUT2D eigenvalue weighted by atomic mass is 16.3. The van der Waals surface area contributed by atoms with Crippen molar-refractivity contribution in [2.24, 2.45) is 0 Å². The maximum Gasteiger partial charge on any atom is 0.252 e. The van der Waals surface area contributed by atoms with Crippen molar-refractivity contribution >= 4 is 101 Å². The fourth-order valence-electron chi connectivity index (χ4n) is 13.2. The van der Waals surface area contributed by atoms with Gasteiger partial charge in [0, 0.05) is 72.5 Å². The topological polar surface area (TPSA) is 63.2 Å². The van der Waals surface area contributed by atoms with Gasteiger partial charge in [-0.15, -0.1) is 0 Å². The van der Waals surface area contributed by atoms with Crippen molar-refractivity contribution in [3.63, 3.8) is 0 Å². The number of furan rings is 1. The highest BCUT2D eigenvalue weighted by molar-refractivity contribution is 7.00. The Labute approximate surface area is 479 Å². The van der Waals surface area contributed by atoms with E-state index in [2.05, 4.69) is 257 Å². The molecule has 0 aliphatic carbocycles. The summed E-state index contributed by atoms with van der Waals surface area (Å²) in [7, 11) is 0. The van der Waals surface area contributed by atoms with E-state index in [9.17, 15) is 0 Å². The minimum Gasteiger partial charge on any atom is -0.455 e. The molecule has 0 atom stereocenters. The number of aromatic nitrogens is 4. The van der Waals surface area contributed by atoms with E-state index in [0.717, 1.165) is 111 Å². The summed E-state index contributed by atoms with van der Waals surface area (Å²) in [5, 5.41) is 4.40. The Hall–Kier alpha value is -11.1. The number of fused-ring (bicyclic) bond motifs is 11. The number of rotatable bonds is 8. The molecule has 0 amide bonds. The van der Waals surface area contributed by atoms with Gasteiger partial charge in [-0.2, -0.15) is 0 Å². The second-order valence-corrected chi connectivity index (χ2v) is 21.5. The minimum atomic E-state index is 0.0233. The van der Waals surface area contributed by atoms with Gasteiger partial charge >= 0.3 is 0 Å². The monoisotopic (exact) mass is 1060 g/mol. The highest BCUT2D eigenvalue weighted by Crippen LogP contribution is 2.47. The molecule has 0 unspecified atom stereocenters. The summed E-state index contributed by atoms with van der Waals surface area (Å²) in [6, 6.07) is 102. The summed E-state index contributed by atoms with van der Waals surface area (Å²) in [5.74, 6) is 1.81. The largest absolute Gasteiger partial charge is 0.455 e. The van der Waals surface area contributed by atoms with Crippen LogP contribution in [0.2, 0.25) is 0 Å². The standard InChI is InChI=1S/C75H47BN6O/c1-5-21-50(22-6-1)73-77-74(51-23-7-2-8-24-51)79-75(78-73)52-41-43-63(82-62-33-17-13-30-58(62)70-66(82)44-42-57-56-29-14-20-36-69(56)83-72(57)70)59(45-52)49-39-37-48(38-40-49)53-46-67-71-68(47-53)81(55-27-11-4-12-28-55)65-35-19-16-32-61(65)76(71)60-31-15-18-34-64(60)80(67)54-25-9-3-10-26-54/h1-47H. The fraction of sp³-hybridized carbons (Fsp3) is 0. The highest BCUT2D eigenvalue weighted by Gasteiger charge is 2.43. The van der Waals surface area contributed by atoms with Gasteiger partial charge in [0.05, 0.1) is 22.1 Å². The Bertz CT molecular complexity index is 4870. The van der Waals surface area contributed by atoms with Crippen LogP contribution in [0.3, 0.4) is 0 Å². The number of para-hydroxylation sites is 6. The number of hydrogen-bond acceptors (Lipinski definition) is 6. The van der Waals surface area contributed by atoms with Crippen molar-refractivity contribution in [1.82, 2.24) is 19.5 Å². The lowest BCUT2D eigenvalue weighted by Gasteiger charge is -2.44.